The van der Waals surface area contributed by atoms with Crippen LogP contribution in [0, 0.1) is 6.92 Å². The van der Waals surface area contributed by atoms with E-state index >= 15 is 0 Å². The maximum atomic E-state index is 13.0. The zero-order valence-electron chi connectivity index (χ0n) is 16.1. The van der Waals surface area contributed by atoms with Gasteiger partial charge in [0, 0.05) is 29.9 Å². The predicted molar refractivity (Wildman–Crippen MR) is 114 cm³/mol. The van der Waals surface area contributed by atoms with Gasteiger partial charge >= 0.3 is 0 Å². The molecule has 0 atom stereocenters. The highest BCUT2D eigenvalue weighted by atomic mass is 16.2. The van der Waals surface area contributed by atoms with E-state index in [1.165, 1.54) is 6.92 Å². The van der Waals surface area contributed by atoms with E-state index < -0.39 is 0 Å². The van der Waals surface area contributed by atoms with E-state index in [9.17, 15) is 9.59 Å². The van der Waals surface area contributed by atoms with E-state index in [2.05, 4.69) is 10.6 Å². The number of carbonyl (C=O) groups excluding carboxylic acids is 2. The van der Waals surface area contributed by atoms with Gasteiger partial charge in [-0.2, -0.15) is 0 Å². The third-order valence-corrected chi connectivity index (χ3v) is 4.57. The highest BCUT2D eigenvalue weighted by molar-refractivity contribution is 6.06. The van der Waals surface area contributed by atoms with Crippen molar-refractivity contribution in [3.05, 3.63) is 84.1 Å². The molecule has 2 heterocycles. The van der Waals surface area contributed by atoms with Crippen LogP contribution in [0.25, 0.3) is 16.9 Å². The largest absolute Gasteiger partial charge is 0.326 e. The second-order valence-corrected chi connectivity index (χ2v) is 6.78. The maximum Gasteiger partial charge on any atom is 0.256 e. The summed E-state index contributed by atoms with van der Waals surface area (Å²) >= 11 is 0. The molecule has 0 aliphatic heterocycles. The van der Waals surface area contributed by atoms with Crippen LogP contribution in [0.3, 0.4) is 0 Å². The Balaban J connectivity index is 1.77. The van der Waals surface area contributed by atoms with Crippen LogP contribution in [0.5, 0.6) is 0 Å². The summed E-state index contributed by atoms with van der Waals surface area (Å²) in [6, 6.07) is 20.5. The Kier molecular flexibility index (Phi) is 4.83. The molecule has 4 rings (SSSR count). The summed E-state index contributed by atoms with van der Waals surface area (Å²) in [6.07, 6.45) is 1.88. The van der Waals surface area contributed by atoms with Gasteiger partial charge in [-0.05, 0) is 36.8 Å². The topological polar surface area (TPSA) is 75.5 Å². The first kappa shape index (κ1) is 18.4. The van der Waals surface area contributed by atoms with Crippen molar-refractivity contribution in [3.63, 3.8) is 0 Å². The Morgan fingerprint density at radius 1 is 0.931 bits per heavy atom. The Morgan fingerprint density at radius 2 is 1.72 bits per heavy atom. The standard InChI is InChI=1S/C23H20N4O2/c1-15-8-7-13-27-21(15)25-20(17-9-4-3-5-10-17)22(27)26-23(29)18-11-6-12-19(14-18)24-16(2)28/h3-14H,1-2H3,(H,24,28)(H,26,29). The molecule has 0 aliphatic carbocycles. The Hall–Kier alpha value is -3.93. The van der Waals surface area contributed by atoms with Gasteiger partial charge in [-0.25, -0.2) is 4.98 Å². The van der Waals surface area contributed by atoms with Crippen LogP contribution < -0.4 is 10.6 Å². The fraction of sp³-hybridized carbons (Fsp3) is 0.0870. The SMILES string of the molecule is CC(=O)Nc1cccc(C(=O)Nc2c(-c3ccccc3)nc3c(C)cccn23)c1. The summed E-state index contributed by atoms with van der Waals surface area (Å²) < 4.78 is 1.88. The predicted octanol–water partition coefficient (Wildman–Crippen LogP) is 4.52. The number of hydrogen-bond donors (Lipinski definition) is 2. The van der Waals surface area contributed by atoms with Crippen molar-refractivity contribution < 1.29 is 9.59 Å². The summed E-state index contributed by atoms with van der Waals surface area (Å²) in [4.78, 5) is 29.1. The van der Waals surface area contributed by atoms with E-state index in [1.54, 1.807) is 24.3 Å². The minimum atomic E-state index is -0.280. The quantitative estimate of drug-likeness (QED) is 0.543. The van der Waals surface area contributed by atoms with Crippen LogP contribution in [-0.4, -0.2) is 21.2 Å². The average Bonchev–Trinajstić information content (AvgIpc) is 3.08. The number of aryl methyl sites for hydroxylation is 1. The van der Waals surface area contributed by atoms with Crippen LogP contribution in [-0.2, 0) is 4.79 Å². The van der Waals surface area contributed by atoms with E-state index in [-0.39, 0.29) is 11.8 Å². The van der Waals surface area contributed by atoms with Crippen LogP contribution >= 0.6 is 0 Å². The first-order valence-electron chi connectivity index (χ1n) is 9.25. The number of rotatable bonds is 4. The molecule has 0 aliphatic rings. The fourth-order valence-corrected chi connectivity index (χ4v) is 3.24. The zero-order valence-corrected chi connectivity index (χ0v) is 16.1. The van der Waals surface area contributed by atoms with E-state index in [4.69, 9.17) is 4.98 Å². The lowest BCUT2D eigenvalue weighted by Crippen LogP contribution is -2.15. The Bertz CT molecular complexity index is 1210. The lowest BCUT2D eigenvalue weighted by molar-refractivity contribution is -0.114. The minimum Gasteiger partial charge on any atom is -0.326 e. The first-order valence-corrected chi connectivity index (χ1v) is 9.25. The average molecular weight is 384 g/mol. The van der Waals surface area contributed by atoms with Gasteiger partial charge < -0.3 is 10.6 Å². The number of imidazole rings is 1. The van der Waals surface area contributed by atoms with Crippen molar-refractivity contribution in [1.29, 1.82) is 0 Å². The molecule has 2 aromatic carbocycles. The number of carbonyl (C=O) groups is 2. The van der Waals surface area contributed by atoms with Gasteiger partial charge in [-0.3, -0.25) is 14.0 Å². The molecule has 6 heteroatoms. The number of aromatic nitrogens is 2. The molecule has 0 saturated carbocycles. The lowest BCUT2D eigenvalue weighted by Gasteiger charge is -2.09. The van der Waals surface area contributed by atoms with Gasteiger partial charge in [0.2, 0.25) is 5.91 Å². The van der Waals surface area contributed by atoms with E-state index in [0.29, 0.717) is 22.8 Å². The molecular weight excluding hydrogens is 364 g/mol. The number of nitrogens with one attached hydrogen (secondary N) is 2. The van der Waals surface area contributed by atoms with Gasteiger partial charge in [0.05, 0.1) is 0 Å². The van der Waals surface area contributed by atoms with Crippen molar-refractivity contribution in [3.8, 4) is 11.3 Å². The number of pyridine rings is 1. The number of nitrogens with zero attached hydrogens (tertiary/aromatic N) is 2. The summed E-state index contributed by atoms with van der Waals surface area (Å²) in [7, 11) is 0. The van der Waals surface area contributed by atoms with E-state index in [0.717, 1.165) is 16.8 Å². The lowest BCUT2D eigenvalue weighted by atomic mass is 10.1. The minimum absolute atomic E-state index is 0.189. The summed E-state index contributed by atoms with van der Waals surface area (Å²) in [5, 5.41) is 5.70. The number of benzene rings is 2. The molecule has 29 heavy (non-hydrogen) atoms. The monoisotopic (exact) mass is 384 g/mol. The van der Waals surface area contributed by atoms with Gasteiger partial charge in [-0.15, -0.1) is 0 Å². The number of fused-ring (bicyclic) bond motifs is 1. The van der Waals surface area contributed by atoms with Crippen molar-refractivity contribution in [2.75, 3.05) is 10.6 Å². The van der Waals surface area contributed by atoms with Gasteiger partial charge in [-0.1, -0.05) is 42.5 Å². The molecule has 6 nitrogen and oxygen atoms in total. The molecule has 2 aromatic heterocycles. The van der Waals surface area contributed by atoms with Crippen molar-refractivity contribution in [1.82, 2.24) is 9.38 Å². The molecule has 4 aromatic rings. The molecule has 0 unspecified atom stereocenters. The maximum absolute atomic E-state index is 13.0. The second kappa shape index (κ2) is 7.59. The van der Waals surface area contributed by atoms with E-state index in [1.807, 2.05) is 60.0 Å². The normalized spacial score (nSPS) is 10.7. The first-order chi connectivity index (χ1) is 14.0. The molecule has 0 radical (unpaired) electrons. The number of hydrogen-bond acceptors (Lipinski definition) is 3. The molecule has 0 saturated heterocycles. The Morgan fingerprint density at radius 3 is 2.48 bits per heavy atom. The summed E-state index contributed by atoms with van der Waals surface area (Å²) in [5.41, 5.74) is 4.43. The van der Waals surface area contributed by atoms with Crippen LogP contribution in [0.4, 0.5) is 11.5 Å². The van der Waals surface area contributed by atoms with Crippen LogP contribution in [0.2, 0.25) is 0 Å². The molecule has 2 amide bonds. The molecule has 144 valence electrons. The number of amides is 2. The molecule has 0 spiro atoms. The van der Waals surface area contributed by atoms with Gasteiger partial charge in [0.1, 0.15) is 17.2 Å². The third kappa shape index (κ3) is 3.73. The summed E-state index contributed by atoms with van der Waals surface area (Å²) in [5.74, 6) is 0.133. The smallest absolute Gasteiger partial charge is 0.256 e. The Labute approximate surface area is 168 Å². The molecular formula is C23H20N4O2. The van der Waals surface area contributed by atoms with Crippen molar-refractivity contribution in [2.24, 2.45) is 0 Å². The van der Waals surface area contributed by atoms with Crippen molar-refractivity contribution in [2.45, 2.75) is 13.8 Å². The second-order valence-electron chi connectivity index (χ2n) is 6.78. The highest BCUT2D eigenvalue weighted by Gasteiger charge is 2.18. The van der Waals surface area contributed by atoms with Crippen molar-refractivity contribution >= 4 is 29.0 Å². The fourth-order valence-electron chi connectivity index (χ4n) is 3.24. The summed E-state index contributed by atoms with van der Waals surface area (Å²) in [6.45, 7) is 3.42. The highest BCUT2D eigenvalue weighted by Crippen LogP contribution is 2.30. The van der Waals surface area contributed by atoms with Crippen LogP contribution in [0.15, 0.2) is 72.9 Å². The molecule has 0 fully saturated rings. The third-order valence-electron chi connectivity index (χ3n) is 4.57. The molecule has 2 N–H and O–H groups in total. The van der Waals surface area contributed by atoms with Crippen LogP contribution in [0.1, 0.15) is 22.8 Å². The number of anilines is 2. The van der Waals surface area contributed by atoms with Gasteiger partial charge in [0.25, 0.3) is 5.91 Å². The molecule has 0 bridgehead atoms. The van der Waals surface area contributed by atoms with Gasteiger partial charge in [0.15, 0.2) is 0 Å². The zero-order chi connectivity index (χ0) is 20.4.